The molecule has 16 heavy (non-hydrogen) atoms. The molecule has 1 heterocycles. The molecule has 1 radical (unpaired) electrons. The predicted octanol–water partition coefficient (Wildman–Crippen LogP) is 2.38. The van der Waals surface area contributed by atoms with Crippen LogP contribution in [0.1, 0.15) is 37.3 Å². The third-order valence-corrected chi connectivity index (χ3v) is 2.96. The van der Waals surface area contributed by atoms with E-state index in [1.165, 1.54) is 5.56 Å². The summed E-state index contributed by atoms with van der Waals surface area (Å²) in [5, 5.41) is 3.74. The molecule has 0 N–H and O–H groups in total. The Kier molecular flexibility index (Phi) is 5.01. The van der Waals surface area contributed by atoms with Gasteiger partial charge in [-0.25, -0.2) is 5.10 Å². The Labute approximate surface area is 122 Å². The van der Waals surface area contributed by atoms with Crippen molar-refractivity contribution in [2.24, 2.45) is 5.10 Å². The molecule has 1 aliphatic heterocycles. The summed E-state index contributed by atoms with van der Waals surface area (Å²) < 4.78 is 1.72. The maximum absolute atomic E-state index is 5.35. The second-order valence-corrected chi connectivity index (χ2v) is 4.14. The van der Waals surface area contributed by atoms with E-state index in [4.69, 9.17) is 6.72 Å². The van der Waals surface area contributed by atoms with Crippen LogP contribution in [-0.2, 0) is 32.7 Å². The fourth-order valence-electron chi connectivity index (χ4n) is 2.14. The minimum atomic E-state index is 0. The van der Waals surface area contributed by atoms with Gasteiger partial charge in [0.25, 0.3) is 0 Å². The fourth-order valence-corrected chi connectivity index (χ4v) is 2.14. The van der Waals surface area contributed by atoms with Gasteiger partial charge in [-0.05, 0) is 6.92 Å². The first kappa shape index (κ1) is 13.7. The van der Waals surface area contributed by atoms with Crippen molar-refractivity contribution in [3.05, 3.63) is 35.4 Å². The van der Waals surface area contributed by atoms with E-state index in [1.807, 2.05) is 6.07 Å². The first-order valence-electron chi connectivity index (χ1n) is 5.28. The van der Waals surface area contributed by atoms with Crippen molar-refractivity contribution >= 4 is 12.9 Å². The van der Waals surface area contributed by atoms with Gasteiger partial charge in [-0.2, -0.15) is 10.8 Å². The van der Waals surface area contributed by atoms with Crippen LogP contribution in [0.25, 0.3) is 0 Å². The molecule has 2 nitrogen and oxygen atoms in total. The van der Waals surface area contributed by atoms with E-state index in [1.54, 1.807) is 4.68 Å². The first-order valence-corrected chi connectivity index (χ1v) is 5.28. The molecule has 0 aromatic heterocycles. The Morgan fingerprint density at radius 1 is 1.38 bits per heavy atom. The summed E-state index contributed by atoms with van der Waals surface area (Å²) in [6.07, 6.45) is 4.28. The van der Waals surface area contributed by atoms with Crippen LogP contribution < -0.4 is 0 Å². The monoisotopic (exact) mass is 288 g/mol. The molecule has 1 aliphatic rings. The summed E-state index contributed by atoms with van der Waals surface area (Å²) in [5.41, 5.74) is 2.43. The third kappa shape index (κ3) is 2.67. The van der Waals surface area contributed by atoms with Crippen molar-refractivity contribution < 1.29 is 37.4 Å². The topological polar surface area (TPSA) is 15.4 Å². The number of benzene rings is 1. The maximum atomic E-state index is 5.35. The molecule has 1 aromatic rings. The molecule has 0 amide bonds. The Balaban J connectivity index is 0.00000128. The predicted molar refractivity (Wildman–Crippen MR) is 61.8 cm³/mol. The molecule has 0 bridgehead atoms. The van der Waals surface area contributed by atoms with Crippen LogP contribution in [0.2, 0.25) is 0 Å². The number of hydrogen-bond acceptors (Lipinski definition) is 1. The zero-order valence-electron chi connectivity index (χ0n) is 9.72. The molecule has 0 aliphatic carbocycles. The van der Waals surface area contributed by atoms with Crippen LogP contribution in [0.5, 0.6) is 0 Å². The summed E-state index contributed by atoms with van der Waals surface area (Å²) in [4.78, 5) is 0. The minimum absolute atomic E-state index is 0. The SMILES string of the molecule is [CH-]=N[N+]1=[C-]c2ccccc2C(C)CC1C.[Y]. The molecule has 2 unspecified atom stereocenters. The van der Waals surface area contributed by atoms with Gasteiger partial charge in [0.1, 0.15) is 6.21 Å². The minimum Gasteiger partial charge on any atom is -0.338 e. The Morgan fingerprint density at radius 2 is 2.06 bits per heavy atom. The normalized spacial score (nSPS) is 23.5. The second-order valence-electron chi connectivity index (χ2n) is 4.14. The largest absolute Gasteiger partial charge is 0.338 e. The molecule has 0 saturated carbocycles. The number of nitrogens with zero attached hydrogens (tertiary/aromatic N) is 2. The average molecular weight is 288 g/mol. The van der Waals surface area contributed by atoms with Gasteiger partial charge in [0.2, 0.25) is 0 Å². The van der Waals surface area contributed by atoms with E-state index in [0.717, 1.165) is 12.0 Å². The van der Waals surface area contributed by atoms with Crippen molar-refractivity contribution in [1.82, 2.24) is 0 Å². The van der Waals surface area contributed by atoms with Crippen LogP contribution in [0.15, 0.2) is 29.4 Å². The number of hydrogen-bond donors (Lipinski definition) is 0. The molecule has 2 rings (SSSR count). The standard InChI is InChI=1S/C13H15N2.Y/c1-10-8-11(2)15(14-3)9-12-6-4-5-7-13(10)12;/h3-7,10-11H,8H2,1-2H3;/q-1;. The summed E-state index contributed by atoms with van der Waals surface area (Å²) >= 11 is 0. The Morgan fingerprint density at radius 3 is 2.75 bits per heavy atom. The van der Waals surface area contributed by atoms with Crippen LogP contribution in [0, 0.1) is 0 Å². The molecule has 0 spiro atoms. The first-order chi connectivity index (χ1) is 7.22. The molecule has 1 aromatic carbocycles. The van der Waals surface area contributed by atoms with Gasteiger partial charge in [-0.1, -0.05) is 18.9 Å². The van der Waals surface area contributed by atoms with E-state index in [9.17, 15) is 0 Å². The zero-order chi connectivity index (χ0) is 10.8. The van der Waals surface area contributed by atoms with Gasteiger partial charge in [-0.15, -0.1) is 23.3 Å². The molecule has 0 fully saturated rings. The molecule has 0 saturated heterocycles. The van der Waals surface area contributed by atoms with Gasteiger partial charge >= 0.3 is 0 Å². The van der Waals surface area contributed by atoms with Crippen LogP contribution in [-0.4, -0.2) is 23.7 Å². The van der Waals surface area contributed by atoms with Crippen molar-refractivity contribution in [3.63, 3.8) is 0 Å². The molecule has 81 valence electrons. The van der Waals surface area contributed by atoms with Crippen molar-refractivity contribution in [3.8, 4) is 0 Å². The van der Waals surface area contributed by atoms with Gasteiger partial charge in [0.15, 0.2) is 6.04 Å². The van der Waals surface area contributed by atoms with Crippen molar-refractivity contribution in [2.45, 2.75) is 32.2 Å². The Hall–Kier alpha value is -0.336. The van der Waals surface area contributed by atoms with Gasteiger partial charge in [-0.3, -0.25) is 0 Å². The summed E-state index contributed by atoms with van der Waals surface area (Å²) in [7, 11) is 0. The van der Waals surface area contributed by atoms with Crippen LogP contribution in [0.4, 0.5) is 0 Å². The zero-order valence-corrected chi connectivity index (χ0v) is 12.6. The quantitative estimate of drug-likeness (QED) is 0.428. The maximum Gasteiger partial charge on any atom is 0.165 e. The summed E-state index contributed by atoms with van der Waals surface area (Å²) in [6, 6.07) is 8.60. The van der Waals surface area contributed by atoms with Crippen molar-refractivity contribution in [2.75, 3.05) is 0 Å². The molecule has 2 atom stereocenters. The van der Waals surface area contributed by atoms with E-state index >= 15 is 0 Å². The third-order valence-electron chi connectivity index (χ3n) is 2.96. The van der Waals surface area contributed by atoms with Crippen molar-refractivity contribution in [1.29, 1.82) is 0 Å². The second kappa shape index (κ2) is 5.83. The van der Waals surface area contributed by atoms with Gasteiger partial charge < -0.3 is 6.72 Å². The molecular weight excluding hydrogens is 273 g/mol. The van der Waals surface area contributed by atoms with Crippen LogP contribution >= 0.6 is 0 Å². The average Bonchev–Trinajstić information content (AvgIpc) is 2.36. The molecule has 3 heteroatoms. The van der Waals surface area contributed by atoms with Crippen LogP contribution in [0.3, 0.4) is 0 Å². The number of fused-ring (bicyclic) bond motifs is 1. The van der Waals surface area contributed by atoms with E-state index in [0.29, 0.717) is 12.0 Å². The smallest absolute Gasteiger partial charge is 0.165 e. The van der Waals surface area contributed by atoms with E-state index < -0.39 is 0 Å². The van der Waals surface area contributed by atoms with Gasteiger partial charge in [0.05, 0.1) is 0 Å². The number of hydrazone groups is 1. The van der Waals surface area contributed by atoms with E-state index in [2.05, 4.69) is 43.4 Å². The fraction of sp³-hybridized carbons (Fsp3) is 0.385. The Bertz CT molecular complexity index is 412. The summed E-state index contributed by atoms with van der Waals surface area (Å²) in [6.45, 7) is 9.70. The van der Waals surface area contributed by atoms with Gasteiger partial charge in [0, 0.05) is 39.1 Å². The van der Waals surface area contributed by atoms with E-state index in [-0.39, 0.29) is 32.7 Å². The summed E-state index contributed by atoms with van der Waals surface area (Å²) in [5.74, 6) is 0.524. The molecular formula is C13H15N2Y-. The number of rotatable bonds is 1.